The maximum atomic E-state index is 11.9. The molecule has 0 fully saturated rings. The van der Waals surface area contributed by atoms with Crippen LogP contribution >= 0.6 is 0 Å². The van der Waals surface area contributed by atoms with E-state index in [4.69, 9.17) is 10.3 Å². The number of aromatic nitrogens is 1. The zero-order valence-corrected chi connectivity index (χ0v) is 10.6. The molecular weight excluding hydrogens is 264 g/mol. The van der Waals surface area contributed by atoms with Crippen molar-refractivity contribution in [1.82, 2.24) is 10.5 Å². The number of carbonyl (C=O) groups is 1. The number of nitrogens with one attached hydrogen (secondary N) is 1. The summed E-state index contributed by atoms with van der Waals surface area (Å²) in [6.45, 7) is 1.91. The molecule has 1 aromatic heterocycles. The molecule has 0 aliphatic heterocycles. The number of hydrogen-bond donors (Lipinski definition) is 2. The quantitative estimate of drug-likeness (QED) is 0.494. The molecule has 0 aliphatic carbocycles. The van der Waals surface area contributed by atoms with Gasteiger partial charge >= 0.3 is 0 Å². The highest BCUT2D eigenvalue weighted by atomic mass is 16.6. The fourth-order valence-electron chi connectivity index (χ4n) is 1.61. The number of benzene rings is 1. The molecule has 0 aliphatic rings. The molecule has 1 heterocycles. The minimum atomic E-state index is -0.633. The first kappa shape index (κ1) is 13.5. The lowest BCUT2D eigenvalue weighted by Crippen LogP contribution is -2.22. The summed E-state index contributed by atoms with van der Waals surface area (Å²) >= 11 is 0. The van der Waals surface area contributed by atoms with Crippen molar-refractivity contribution in [3.63, 3.8) is 0 Å². The van der Waals surface area contributed by atoms with Crippen LogP contribution in [0.25, 0.3) is 0 Å². The van der Waals surface area contributed by atoms with Crippen LogP contribution in [0, 0.1) is 17.0 Å². The normalized spacial score (nSPS) is 10.2. The minimum absolute atomic E-state index is 0.0115. The third-order valence-corrected chi connectivity index (χ3v) is 2.59. The lowest BCUT2D eigenvalue weighted by Gasteiger charge is -2.04. The minimum Gasteiger partial charge on any atom is -0.393 e. The van der Waals surface area contributed by atoms with Gasteiger partial charge in [-0.1, -0.05) is 5.16 Å². The van der Waals surface area contributed by atoms with Crippen molar-refractivity contribution < 1.29 is 14.2 Å². The maximum Gasteiger partial charge on any atom is 0.292 e. The van der Waals surface area contributed by atoms with Gasteiger partial charge in [-0.05, 0) is 19.1 Å². The Labute approximate surface area is 113 Å². The number of nitro groups is 1. The fourth-order valence-corrected chi connectivity index (χ4v) is 1.61. The van der Waals surface area contributed by atoms with E-state index in [0.717, 1.165) is 6.07 Å². The van der Waals surface area contributed by atoms with Gasteiger partial charge in [0.15, 0.2) is 5.76 Å². The van der Waals surface area contributed by atoms with Crippen molar-refractivity contribution in [2.75, 3.05) is 5.73 Å². The Morgan fingerprint density at radius 2 is 2.25 bits per heavy atom. The van der Waals surface area contributed by atoms with E-state index in [2.05, 4.69) is 10.5 Å². The molecule has 0 spiro atoms. The van der Waals surface area contributed by atoms with E-state index in [1.54, 1.807) is 13.0 Å². The molecule has 8 nitrogen and oxygen atoms in total. The number of amides is 1. The summed E-state index contributed by atoms with van der Waals surface area (Å²) in [5.41, 5.74) is 6.04. The third-order valence-electron chi connectivity index (χ3n) is 2.59. The van der Waals surface area contributed by atoms with Gasteiger partial charge < -0.3 is 15.6 Å². The Balaban J connectivity index is 2.09. The highest BCUT2D eigenvalue weighted by Crippen LogP contribution is 2.22. The molecule has 2 aromatic rings. The molecule has 0 saturated carbocycles. The molecule has 0 saturated heterocycles. The second-order valence-electron chi connectivity index (χ2n) is 4.15. The molecule has 1 amide bonds. The molecule has 2 rings (SSSR count). The van der Waals surface area contributed by atoms with Gasteiger partial charge in [-0.15, -0.1) is 0 Å². The van der Waals surface area contributed by atoms with Gasteiger partial charge in [-0.3, -0.25) is 14.9 Å². The topological polar surface area (TPSA) is 124 Å². The van der Waals surface area contributed by atoms with E-state index in [1.165, 1.54) is 12.1 Å². The van der Waals surface area contributed by atoms with Gasteiger partial charge in [-0.2, -0.15) is 0 Å². The number of nitrogens with two attached hydrogens (primary N) is 1. The molecular formula is C12H12N4O4. The third kappa shape index (κ3) is 2.91. The average molecular weight is 276 g/mol. The van der Waals surface area contributed by atoms with Crippen molar-refractivity contribution >= 4 is 17.3 Å². The highest BCUT2D eigenvalue weighted by Gasteiger charge is 2.15. The summed E-state index contributed by atoms with van der Waals surface area (Å²) in [6.07, 6.45) is 0. The second kappa shape index (κ2) is 5.39. The van der Waals surface area contributed by atoms with E-state index >= 15 is 0 Å². The molecule has 8 heteroatoms. The average Bonchev–Trinajstić information content (AvgIpc) is 2.82. The molecule has 0 atom stereocenters. The fraction of sp³-hybridized carbons (Fsp3) is 0.167. The van der Waals surface area contributed by atoms with Crippen LogP contribution < -0.4 is 11.1 Å². The monoisotopic (exact) mass is 276 g/mol. The highest BCUT2D eigenvalue weighted by molar-refractivity contribution is 5.95. The predicted molar refractivity (Wildman–Crippen MR) is 69.9 cm³/mol. The van der Waals surface area contributed by atoms with Gasteiger partial charge in [0.05, 0.1) is 17.2 Å². The Morgan fingerprint density at radius 1 is 1.50 bits per heavy atom. The summed E-state index contributed by atoms with van der Waals surface area (Å²) in [7, 11) is 0. The van der Waals surface area contributed by atoms with Gasteiger partial charge in [0, 0.05) is 17.7 Å². The first-order valence-corrected chi connectivity index (χ1v) is 5.71. The first-order valence-electron chi connectivity index (χ1n) is 5.71. The number of rotatable bonds is 4. The summed E-state index contributed by atoms with van der Waals surface area (Å²) < 4.78 is 4.94. The molecule has 3 N–H and O–H groups in total. The van der Waals surface area contributed by atoms with Crippen molar-refractivity contribution in [2.45, 2.75) is 13.5 Å². The van der Waals surface area contributed by atoms with Gasteiger partial charge in [0.1, 0.15) is 5.69 Å². The van der Waals surface area contributed by atoms with Gasteiger partial charge in [-0.25, -0.2) is 0 Å². The molecule has 20 heavy (non-hydrogen) atoms. The zero-order chi connectivity index (χ0) is 14.7. The first-order chi connectivity index (χ1) is 9.47. The van der Waals surface area contributed by atoms with Crippen molar-refractivity contribution in [3.05, 3.63) is 51.4 Å². The van der Waals surface area contributed by atoms with Crippen LogP contribution in [0.4, 0.5) is 11.4 Å². The molecule has 1 aromatic carbocycles. The van der Waals surface area contributed by atoms with Crippen LogP contribution in [0.15, 0.2) is 28.8 Å². The molecule has 0 unspecified atom stereocenters. The van der Waals surface area contributed by atoms with Crippen LogP contribution in [-0.2, 0) is 6.54 Å². The lowest BCUT2D eigenvalue weighted by molar-refractivity contribution is -0.383. The smallest absolute Gasteiger partial charge is 0.292 e. The van der Waals surface area contributed by atoms with Crippen molar-refractivity contribution in [3.8, 4) is 0 Å². The van der Waals surface area contributed by atoms with Crippen LogP contribution in [0.5, 0.6) is 0 Å². The number of anilines is 1. The molecule has 104 valence electrons. The summed E-state index contributed by atoms with van der Waals surface area (Å²) in [4.78, 5) is 22.0. The number of aryl methyl sites for hydroxylation is 1. The van der Waals surface area contributed by atoms with Crippen LogP contribution in [0.2, 0.25) is 0 Å². The Bertz CT molecular complexity index is 665. The standard InChI is InChI=1S/C12H12N4O4/c1-7-4-9(20-15-7)6-14-12(17)8-2-3-10(13)11(5-8)16(18)19/h2-5H,6,13H2,1H3,(H,14,17). The number of nitrogen functional groups attached to an aromatic ring is 1. The van der Waals surface area contributed by atoms with E-state index < -0.39 is 10.8 Å². The van der Waals surface area contributed by atoms with Crippen LogP contribution in [-0.4, -0.2) is 16.0 Å². The maximum absolute atomic E-state index is 11.9. The summed E-state index contributed by atoms with van der Waals surface area (Å²) in [5.74, 6) is 0.0444. The number of nitrogens with zero attached hydrogens (tertiary/aromatic N) is 2. The SMILES string of the molecule is Cc1cc(CNC(=O)c2ccc(N)c([N+](=O)[O-])c2)on1. The van der Waals surface area contributed by atoms with E-state index in [1.807, 2.05) is 0 Å². The zero-order valence-electron chi connectivity index (χ0n) is 10.6. The molecule has 0 bridgehead atoms. The lowest BCUT2D eigenvalue weighted by atomic mass is 10.1. The van der Waals surface area contributed by atoms with E-state index in [0.29, 0.717) is 11.5 Å². The number of carbonyl (C=O) groups excluding carboxylic acids is 1. The van der Waals surface area contributed by atoms with E-state index in [9.17, 15) is 14.9 Å². The number of nitro benzene ring substituents is 1. The molecule has 0 radical (unpaired) electrons. The van der Waals surface area contributed by atoms with E-state index in [-0.39, 0.29) is 23.5 Å². The summed E-state index contributed by atoms with van der Waals surface area (Å²) in [5, 5.41) is 17.0. The Kier molecular flexibility index (Phi) is 3.65. The Hall–Kier alpha value is -2.90. The predicted octanol–water partition coefficient (Wildman–Crippen LogP) is 1.40. The van der Waals surface area contributed by atoms with Gasteiger partial charge in [0.2, 0.25) is 0 Å². The Morgan fingerprint density at radius 3 is 2.85 bits per heavy atom. The second-order valence-corrected chi connectivity index (χ2v) is 4.15. The largest absolute Gasteiger partial charge is 0.393 e. The van der Waals surface area contributed by atoms with Crippen molar-refractivity contribution in [1.29, 1.82) is 0 Å². The van der Waals surface area contributed by atoms with Crippen LogP contribution in [0.1, 0.15) is 21.8 Å². The van der Waals surface area contributed by atoms with Gasteiger partial charge in [0.25, 0.3) is 11.6 Å². The van der Waals surface area contributed by atoms with Crippen molar-refractivity contribution in [2.24, 2.45) is 0 Å². The van der Waals surface area contributed by atoms with Crippen LogP contribution in [0.3, 0.4) is 0 Å². The number of hydrogen-bond acceptors (Lipinski definition) is 6. The summed E-state index contributed by atoms with van der Waals surface area (Å²) in [6, 6.07) is 5.57.